The van der Waals surface area contributed by atoms with E-state index < -0.39 is 6.03 Å². The van der Waals surface area contributed by atoms with Gasteiger partial charge >= 0.3 is 6.03 Å². The predicted molar refractivity (Wildman–Crippen MR) is 88.9 cm³/mol. The van der Waals surface area contributed by atoms with Gasteiger partial charge in [-0.15, -0.1) is 0 Å². The minimum atomic E-state index is -0.450. The minimum Gasteiger partial charge on any atom is -0.355 e. The standard InChI is InChI=1S/C16H24N4O3/c1-4-8-17-15(22)10-18-16(23)19-14-7-5-6-13(9-14)11-20(3)12(2)21/h5-7,9H,4,8,10-11H2,1-3H3,(H,17,22)(H2,18,19,23). The van der Waals surface area contributed by atoms with Crippen molar-refractivity contribution in [1.82, 2.24) is 15.5 Å². The van der Waals surface area contributed by atoms with Crippen molar-refractivity contribution in [3.05, 3.63) is 29.8 Å². The van der Waals surface area contributed by atoms with Crippen LogP contribution in [0, 0.1) is 0 Å². The summed E-state index contributed by atoms with van der Waals surface area (Å²) in [6.07, 6.45) is 0.847. The molecule has 23 heavy (non-hydrogen) atoms. The van der Waals surface area contributed by atoms with Crippen molar-refractivity contribution in [1.29, 1.82) is 0 Å². The number of urea groups is 1. The summed E-state index contributed by atoms with van der Waals surface area (Å²) >= 11 is 0. The summed E-state index contributed by atoms with van der Waals surface area (Å²) in [5.74, 6) is -0.252. The maximum absolute atomic E-state index is 11.8. The van der Waals surface area contributed by atoms with Gasteiger partial charge in [-0.3, -0.25) is 9.59 Å². The molecule has 1 aromatic carbocycles. The number of benzene rings is 1. The first-order valence-corrected chi connectivity index (χ1v) is 7.54. The lowest BCUT2D eigenvalue weighted by Gasteiger charge is -2.15. The van der Waals surface area contributed by atoms with Crippen LogP contribution < -0.4 is 16.0 Å². The Balaban J connectivity index is 2.49. The zero-order chi connectivity index (χ0) is 17.2. The van der Waals surface area contributed by atoms with E-state index in [-0.39, 0.29) is 18.4 Å². The highest BCUT2D eigenvalue weighted by Gasteiger charge is 2.07. The average Bonchev–Trinajstić information content (AvgIpc) is 2.51. The molecule has 0 bridgehead atoms. The molecular weight excluding hydrogens is 296 g/mol. The van der Waals surface area contributed by atoms with Gasteiger partial charge in [0.1, 0.15) is 0 Å². The second-order valence-electron chi connectivity index (χ2n) is 5.23. The van der Waals surface area contributed by atoms with Crippen LogP contribution in [0.3, 0.4) is 0 Å². The number of carbonyl (C=O) groups excluding carboxylic acids is 3. The molecule has 0 aliphatic rings. The molecule has 0 aliphatic carbocycles. The van der Waals surface area contributed by atoms with E-state index in [9.17, 15) is 14.4 Å². The SMILES string of the molecule is CCCNC(=O)CNC(=O)Nc1cccc(CN(C)C(C)=O)c1. The third kappa shape index (κ3) is 7.30. The van der Waals surface area contributed by atoms with Crippen molar-refractivity contribution < 1.29 is 14.4 Å². The summed E-state index contributed by atoms with van der Waals surface area (Å²) < 4.78 is 0. The normalized spacial score (nSPS) is 9.87. The van der Waals surface area contributed by atoms with Gasteiger partial charge in [0.15, 0.2) is 0 Å². The molecule has 0 atom stereocenters. The summed E-state index contributed by atoms with van der Waals surface area (Å²) in [5, 5.41) is 7.83. The van der Waals surface area contributed by atoms with Crippen LogP contribution in [-0.4, -0.2) is 42.9 Å². The van der Waals surface area contributed by atoms with Gasteiger partial charge in [-0.2, -0.15) is 0 Å². The van der Waals surface area contributed by atoms with Gasteiger partial charge in [-0.05, 0) is 24.1 Å². The van der Waals surface area contributed by atoms with E-state index in [0.29, 0.717) is 18.8 Å². The van der Waals surface area contributed by atoms with Crippen LogP contribution in [-0.2, 0) is 16.1 Å². The first-order chi connectivity index (χ1) is 10.9. The Kier molecular flexibility index (Phi) is 7.59. The topological polar surface area (TPSA) is 90.5 Å². The van der Waals surface area contributed by atoms with Crippen LogP contribution in [0.25, 0.3) is 0 Å². The van der Waals surface area contributed by atoms with Gasteiger partial charge in [0.25, 0.3) is 0 Å². The van der Waals surface area contributed by atoms with E-state index in [2.05, 4.69) is 16.0 Å². The van der Waals surface area contributed by atoms with E-state index in [1.165, 1.54) is 6.92 Å². The molecule has 3 N–H and O–H groups in total. The largest absolute Gasteiger partial charge is 0.355 e. The third-order valence-corrected chi connectivity index (χ3v) is 3.12. The monoisotopic (exact) mass is 320 g/mol. The maximum atomic E-state index is 11.8. The fourth-order valence-electron chi connectivity index (χ4n) is 1.80. The number of carbonyl (C=O) groups is 3. The van der Waals surface area contributed by atoms with E-state index in [1.807, 2.05) is 13.0 Å². The van der Waals surface area contributed by atoms with Gasteiger partial charge in [-0.25, -0.2) is 4.79 Å². The van der Waals surface area contributed by atoms with Crippen molar-refractivity contribution in [2.45, 2.75) is 26.8 Å². The molecule has 7 heteroatoms. The number of anilines is 1. The van der Waals surface area contributed by atoms with Crippen LogP contribution in [0.4, 0.5) is 10.5 Å². The van der Waals surface area contributed by atoms with Crippen LogP contribution in [0.1, 0.15) is 25.8 Å². The molecular formula is C16H24N4O3. The Bertz CT molecular complexity index is 560. The number of nitrogens with one attached hydrogen (secondary N) is 3. The van der Waals surface area contributed by atoms with Crippen molar-refractivity contribution in [2.24, 2.45) is 0 Å². The van der Waals surface area contributed by atoms with E-state index in [1.54, 1.807) is 30.1 Å². The van der Waals surface area contributed by atoms with E-state index in [4.69, 9.17) is 0 Å². The zero-order valence-electron chi connectivity index (χ0n) is 13.8. The second-order valence-corrected chi connectivity index (χ2v) is 5.23. The second kappa shape index (κ2) is 9.45. The number of hydrogen-bond donors (Lipinski definition) is 3. The molecule has 4 amide bonds. The summed E-state index contributed by atoms with van der Waals surface area (Å²) in [6.45, 7) is 4.44. The fraction of sp³-hybridized carbons (Fsp3) is 0.438. The highest BCUT2D eigenvalue weighted by atomic mass is 16.2. The molecule has 126 valence electrons. The predicted octanol–water partition coefficient (Wildman–Crippen LogP) is 1.31. The molecule has 7 nitrogen and oxygen atoms in total. The fourth-order valence-corrected chi connectivity index (χ4v) is 1.80. The van der Waals surface area contributed by atoms with Crippen molar-refractivity contribution in [3.8, 4) is 0 Å². The Morgan fingerprint density at radius 1 is 1.17 bits per heavy atom. The highest BCUT2D eigenvalue weighted by Crippen LogP contribution is 2.12. The molecule has 1 rings (SSSR count). The van der Waals surface area contributed by atoms with Crippen molar-refractivity contribution >= 4 is 23.5 Å². The molecule has 0 saturated heterocycles. The number of hydrogen-bond acceptors (Lipinski definition) is 3. The Morgan fingerprint density at radius 3 is 2.57 bits per heavy atom. The zero-order valence-corrected chi connectivity index (χ0v) is 13.8. The number of nitrogens with zero attached hydrogens (tertiary/aromatic N) is 1. The minimum absolute atomic E-state index is 0.0285. The Morgan fingerprint density at radius 2 is 1.91 bits per heavy atom. The lowest BCUT2D eigenvalue weighted by molar-refractivity contribution is -0.128. The maximum Gasteiger partial charge on any atom is 0.319 e. The Hall–Kier alpha value is -2.57. The highest BCUT2D eigenvalue weighted by molar-refractivity contribution is 5.92. The Labute approximate surface area is 136 Å². The van der Waals surface area contributed by atoms with E-state index in [0.717, 1.165) is 12.0 Å². The molecule has 0 fully saturated rings. The first-order valence-electron chi connectivity index (χ1n) is 7.54. The van der Waals surface area contributed by atoms with Crippen LogP contribution in [0.15, 0.2) is 24.3 Å². The molecule has 1 aromatic rings. The molecule has 0 saturated carbocycles. The molecule has 0 spiro atoms. The van der Waals surface area contributed by atoms with Gasteiger partial charge in [0.05, 0.1) is 6.54 Å². The van der Waals surface area contributed by atoms with Gasteiger partial charge < -0.3 is 20.9 Å². The van der Waals surface area contributed by atoms with Crippen molar-refractivity contribution in [2.75, 3.05) is 25.5 Å². The van der Waals surface area contributed by atoms with Gasteiger partial charge in [-0.1, -0.05) is 19.1 Å². The number of amides is 4. The molecule has 0 unspecified atom stereocenters. The lowest BCUT2D eigenvalue weighted by Crippen LogP contribution is -2.39. The molecule has 0 radical (unpaired) electrons. The van der Waals surface area contributed by atoms with Crippen LogP contribution in [0.5, 0.6) is 0 Å². The summed E-state index contributed by atoms with van der Waals surface area (Å²) in [5.41, 5.74) is 1.51. The summed E-state index contributed by atoms with van der Waals surface area (Å²) in [6, 6.07) is 6.76. The van der Waals surface area contributed by atoms with Gasteiger partial charge in [0, 0.05) is 32.7 Å². The van der Waals surface area contributed by atoms with Gasteiger partial charge in [0.2, 0.25) is 11.8 Å². The molecule has 0 aliphatic heterocycles. The third-order valence-electron chi connectivity index (χ3n) is 3.12. The first kappa shape index (κ1) is 18.5. The quantitative estimate of drug-likeness (QED) is 0.707. The summed E-state index contributed by atoms with van der Waals surface area (Å²) in [4.78, 5) is 36.0. The van der Waals surface area contributed by atoms with Crippen molar-refractivity contribution in [3.63, 3.8) is 0 Å². The average molecular weight is 320 g/mol. The van der Waals surface area contributed by atoms with Crippen LogP contribution in [0.2, 0.25) is 0 Å². The lowest BCUT2D eigenvalue weighted by atomic mass is 10.2. The number of rotatable bonds is 7. The molecule has 0 heterocycles. The smallest absolute Gasteiger partial charge is 0.319 e. The molecule has 0 aromatic heterocycles. The summed E-state index contributed by atoms with van der Waals surface area (Å²) in [7, 11) is 1.71. The van der Waals surface area contributed by atoms with Crippen LogP contribution >= 0.6 is 0 Å². The van der Waals surface area contributed by atoms with E-state index >= 15 is 0 Å².